The second kappa shape index (κ2) is 7.20. The lowest BCUT2D eigenvalue weighted by molar-refractivity contribution is -0.145. The number of aliphatic carboxylic acids is 1. The molecular weight excluding hydrogens is 368 g/mol. The molecular formula is C23H22N2O4. The number of fused-ring (bicyclic) bond motifs is 1. The fourth-order valence-corrected chi connectivity index (χ4v) is 4.23. The Morgan fingerprint density at radius 3 is 2.24 bits per heavy atom. The van der Waals surface area contributed by atoms with Crippen LogP contribution in [-0.2, 0) is 17.3 Å². The Hall–Kier alpha value is -3.41. The largest absolute Gasteiger partial charge is 0.481 e. The number of amides is 1. The summed E-state index contributed by atoms with van der Waals surface area (Å²) < 4.78 is 1.52. The van der Waals surface area contributed by atoms with Gasteiger partial charge in [0.1, 0.15) is 0 Å². The molecule has 0 aliphatic carbocycles. The van der Waals surface area contributed by atoms with Gasteiger partial charge in [-0.15, -0.1) is 0 Å². The molecule has 2 heterocycles. The molecule has 4 rings (SSSR count). The summed E-state index contributed by atoms with van der Waals surface area (Å²) in [5, 5.41) is 10.7. The molecule has 1 aliphatic rings. The number of benzene rings is 2. The highest BCUT2D eigenvalue weighted by Gasteiger charge is 2.44. The molecule has 6 nitrogen and oxygen atoms in total. The number of likely N-dealkylation sites (tertiary alicyclic amines) is 1. The van der Waals surface area contributed by atoms with Crippen LogP contribution in [0.2, 0.25) is 0 Å². The summed E-state index contributed by atoms with van der Waals surface area (Å²) in [5.74, 6) is -1.10. The van der Waals surface area contributed by atoms with E-state index in [9.17, 15) is 19.5 Å². The molecule has 0 unspecified atom stereocenters. The number of carboxylic acids is 1. The van der Waals surface area contributed by atoms with E-state index in [0.717, 1.165) is 10.9 Å². The maximum atomic E-state index is 13.2. The molecule has 1 N–H and O–H groups in total. The number of rotatable bonds is 3. The molecule has 2 aromatic carbocycles. The molecule has 0 radical (unpaired) electrons. The van der Waals surface area contributed by atoms with Crippen LogP contribution in [0.1, 0.15) is 28.8 Å². The lowest BCUT2D eigenvalue weighted by atomic mass is 9.72. The number of aryl methyl sites for hydroxylation is 1. The summed E-state index contributed by atoms with van der Waals surface area (Å²) >= 11 is 0. The normalized spacial score (nSPS) is 16.0. The Balaban J connectivity index is 1.65. The highest BCUT2D eigenvalue weighted by atomic mass is 16.4. The van der Waals surface area contributed by atoms with Crippen LogP contribution >= 0.6 is 0 Å². The van der Waals surface area contributed by atoms with Crippen molar-refractivity contribution in [3.8, 4) is 0 Å². The van der Waals surface area contributed by atoms with E-state index in [0.29, 0.717) is 37.0 Å². The van der Waals surface area contributed by atoms with Gasteiger partial charge in [0.25, 0.3) is 11.5 Å². The van der Waals surface area contributed by atoms with Gasteiger partial charge in [0, 0.05) is 31.6 Å². The molecule has 0 atom stereocenters. The minimum absolute atomic E-state index is 0.231. The minimum Gasteiger partial charge on any atom is -0.481 e. The zero-order valence-corrected chi connectivity index (χ0v) is 16.2. The molecule has 0 bridgehead atoms. The molecule has 1 aliphatic heterocycles. The van der Waals surface area contributed by atoms with Gasteiger partial charge >= 0.3 is 5.97 Å². The third-order valence-corrected chi connectivity index (χ3v) is 6.02. The Labute approximate surface area is 168 Å². The van der Waals surface area contributed by atoms with Gasteiger partial charge in [-0.05, 0) is 24.5 Å². The van der Waals surface area contributed by atoms with E-state index in [-0.39, 0.29) is 11.5 Å². The van der Waals surface area contributed by atoms with E-state index < -0.39 is 11.4 Å². The highest BCUT2D eigenvalue weighted by molar-refractivity contribution is 6.06. The van der Waals surface area contributed by atoms with Crippen molar-refractivity contribution in [1.82, 2.24) is 9.47 Å². The van der Waals surface area contributed by atoms with Crippen molar-refractivity contribution in [2.75, 3.05) is 13.1 Å². The molecule has 0 spiro atoms. The monoisotopic (exact) mass is 390 g/mol. The van der Waals surface area contributed by atoms with Crippen LogP contribution in [0.15, 0.2) is 65.5 Å². The van der Waals surface area contributed by atoms with Crippen LogP contribution in [0, 0.1) is 0 Å². The van der Waals surface area contributed by atoms with E-state index in [4.69, 9.17) is 0 Å². The lowest BCUT2D eigenvalue weighted by Crippen LogP contribution is -2.49. The number of aromatic nitrogens is 1. The van der Waals surface area contributed by atoms with E-state index >= 15 is 0 Å². The average molecular weight is 390 g/mol. The predicted molar refractivity (Wildman–Crippen MR) is 110 cm³/mol. The van der Waals surface area contributed by atoms with Gasteiger partial charge in [0.15, 0.2) is 0 Å². The van der Waals surface area contributed by atoms with Crippen LogP contribution < -0.4 is 5.56 Å². The van der Waals surface area contributed by atoms with Gasteiger partial charge in [-0.2, -0.15) is 0 Å². The SMILES string of the molecule is Cn1c(=O)cc(C(=O)N2CCC(C(=O)O)(c3ccccc3)CC2)c2ccccc21. The fourth-order valence-electron chi connectivity index (χ4n) is 4.23. The third-order valence-electron chi connectivity index (χ3n) is 6.02. The average Bonchev–Trinajstić information content (AvgIpc) is 2.76. The predicted octanol–water partition coefficient (Wildman–Crippen LogP) is 2.80. The second-order valence-corrected chi connectivity index (χ2v) is 7.52. The quantitative estimate of drug-likeness (QED) is 0.746. The van der Waals surface area contributed by atoms with Gasteiger partial charge < -0.3 is 14.6 Å². The van der Waals surface area contributed by atoms with Crippen LogP contribution in [0.3, 0.4) is 0 Å². The zero-order valence-electron chi connectivity index (χ0n) is 16.2. The van der Waals surface area contributed by atoms with E-state index in [2.05, 4.69) is 0 Å². The number of pyridine rings is 1. The van der Waals surface area contributed by atoms with Crippen molar-refractivity contribution < 1.29 is 14.7 Å². The topological polar surface area (TPSA) is 79.6 Å². The molecule has 148 valence electrons. The van der Waals surface area contributed by atoms with Gasteiger partial charge in [-0.1, -0.05) is 48.5 Å². The Bertz CT molecular complexity index is 1140. The maximum absolute atomic E-state index is 13.2. The second-order valence-electron chi connectivity index (χ2n) is 7.52. The molecule has 1 saturated heterocycles. The summed E-state index contributed by atoms with van der Waals surface area (Å²) in [4.78, 5) is 39.3. The van der Waals surface area contributed by atoms with E-state index in [1.807, 2.05) is 54.6 Å². The van der Waals surface area contributed by atoms with Crippen molar-refractivity contribution >= 4 is 22.8 Å². The molecule has 29 heavy (non-hydrogen) atoms. The van der Waals surface area contributed by atoms with Gasteiger partial charge in [0.05, 0.1) is 16.5 Å². The van der Waals surface area contributed by atoms with E-state index in [1.165, 1.54) is 10.6 Å². The highest BCUT2D eigenvalue weighted by Crippen LogP contribution is 2.36. The number of nitrogens with zero attached hydrogens (tertiary/aromatic N) is 2. The first kappa shape index (κ1) is 18.9. The number of piperidine rings is 1. The number of hydrogen-bond donors (Lipinski definition) is 1. The standard InChI is InChI=1S/C23H22N2O4/c1-24-19-10-6-5-9-17(19)18(15-20(24)26)21(27)25-13-11-23(12-14-25,22(28)29)16-7-3-2-4-8-16/h2-10,15H,11-14H2,1H3,(H,28,29). The number of carbonyl (C=O) groups is 2. The fraction of sp³-hybridized carbons (Fsp3) is 0.261. The van der Waals surface area contributed by atoms with Crippen molar-refractivity contribution in [3.63, 3.8) is 0 Å². The van der Waals surface area contributed by atoms with Gasteiger partial charge in [-0.3, -0.25) is 14.4 Å². The number of hydrogen-bond acceptors (Lipinski definition) is 3. The van der Waals surface area contributed by atoms with Crippen LogP contribution in [0.4, 0.5) is 0 Å². The molecule has 1 aromatic heterocycles. The van der Waals surface area contributed by atoms with Crippen molar-refractivity contribution in [3.05, 3.63) is 82.1 Å². The van der Waals surface area contributed by atoms with E-state index in [1.54, 1.807) is 11.9 Å². The Morgan fingerprint density at radius 2 is 1.59 bits per heavy atom. The first-order valence-corrected chi connectivity index (χ1v) is 9.61. The summed E-state index contributed by atoms with van der Waals surface area (Å²) in [6.07, 6.45) is 0.668. The molecule has 6 heteroatoms. The summed E-state index contributed by atoms with van der Waals surface area (Å²) in [5.41, 5.74) is 0.593. The van der Waals surface area contributed by atoms with Crippen LogP contribution in [0.5, 0.6) is 0 Å². The Morgan fingerprint density at radius 1 is 0.966 bits per heavy atom. The minimum atomic E-state index is -0.993. The first-order valence-electron chi connectivity index (χ1n) is 9.61. The van der Waals surface area contributed by atoms with Crippen molar-refractivity contribution in [1.29, 1.82) is 0 Å². The first-order chi connectivity index (χ1) is 13.9. The van der Waals surface area contributed by atoms with Gasteiger partial charge in [-0.25, -0.2) is 0 Å². The Kier molecular flexibility index (Phi) is 4.70. The summed E-state index contributed by atoms with van der Waals surface area (Å²) in [7, 11) is 1.68. The van der Waals surface area contributed by atoms with Crippen LogP contribution in [-0.4, -0.2) is 39.5 Å². The smallest absolute Gasteiger partial charge is 0.314 e. The summed E-state index contributed by atoms with van der Waals surface area (Å²) in [6.45, 7) is 0.646. The maximum Gasteiger partial charge on any atom is 0.314 e. The van der Waals surface area contributed by atoms with Crippen molar-refractivity contribution in [2.24, 2.45) is 7.05 Å². The number of carbonyl (C=O) groups excluding carboxylic acids is 1. The molecule has 3 aromatic rings. The molecule has 1 amide bonds. The number of carboxylic acid groups (broad SMARTS) is 1. The molecule has 0 saturated carbocycles. The lowest BCUT2D eigenvalue weighted by Gasteiger charge is -2.39. The third kappa shape index (κ3) is 3.10. The van der Waals surface area contributed by atoms with Gasteiger partial charge in [0.2, 0.25) is 0 Å². The zero-order chi connectivity index (χ0) is 20.6. The molecule has 1 fully saturated rings. The number of para-hydroxylation sites is 1. The summed E-state index contributed by atoms with van der Waals surface area (Å²) in [6, 6.07) is 17.9. The van der Waals surface area contributed by atoms with Crippen LogP contribution in [0.25, 0.3) is 10.9 Å². The van der Waals surface area contributed by atoms with Crippen molar-refractivity contribution in [2.45, 2.75) is 18.3 Å².